The average Bonchev–Trinajstić information content (AvgIpc) is 3.35. The highest BCUT2D eigenvalue weighted by Crippen LogP contribution is 2.51. The summed E-state index contributed by atoms with van der Waals surface area (Å²) in [5, 5.41) is 4.04. The number of aromatic amines is 1. The molecule has 8 rings (SSSR count). The maximum absolute atomic E-state index is 3.82. The molecule has 0 bridgehead atoms. The SMILES string of the molecule is C1=C2Sc3ccc(C4=CCCc5c4[nH]c4ccc6ccccc6c54)cc3N(c3ccccc3)C2=CCC1. The Kier molecular flexibility index (Phi) is 4.74. The second-order valence-corrected chi connectivity index (χ2v) is 11.1. The predicted octanol–water partition coefficient (Wildman–Crippen LogP) is 9.50. The van der Waals surface area contributed by atoms with Crippen LogP contribution in [0.1, 0.15) is 36.1 Å². The normalized spacial score (nSPS) is 16.5. The molecule has 5 aromatic rings. The van der Waals surface area contributed by atoms with E-state index in [1.54, 1.807) is 0 Å². The Morgan fingerprint density at radius 3 is 2.57 bits per heavy atom. The minimum absolute atomic E-state index is 1.06. The van der Waals surface area contributed by atoms with Crippen LogP contribution < -0.4 is 4.90 Å². The van der Waals surface area contributed by atoms with Gasteiger partial charge in [0.1, 0.15) is 0 Å². The lowest BCUT2D eigenvalue weighted by Gasteiger charge is -2.36. The van der Waals surface area contributed by atoms with Gasteiger partial charge in [-0.25, -0.2) is 0 Å². The maximum Gasteiger partial charge on any atom is 0.0607 e. The van der Waals surface area contributed by atoms with Gasteiger partial charge in [0.25, 0.3) is 0 Å². The van der Waals surface area contributed by atoms with Crippen molar-refractivity contribution in [2.24, 2.45) is 0 Å². The third-order valence-electron chi connectivity index (χ3n) is 7.88. The standard InChI is InChI=1S/C34H26N2S/c1-2-10-24(11-3-1)36-29-15-6-7-16-31(29)37-32-20-18-23(21-30(32)36)26-13-8-14-27-33-25-12-5-4-9-22(25)17-19-28(33)35-34(26)27/h1-5,9-13,15-21,35H,6-8,14H2. The number of aryl methyl sites for hydroxylation is 1. The van der Waals surface area contributed by atoms with Gasteiger partial charge in [-0.2, -0.15) is 0 Å². The van der Waals surface area contributed by atoms with Crippen LogP contribution in [0.3, 0.4) is 0 Å². The molecule has 0 fully saturated rings. The molecule has 4 aromatic carbocycles. The molecular formula is C34H26N2S. The number of allylic oxidation sites excluding steroid dienone is 3. The zero-order valence-electron chi connectivity index (χ0n) is 20.5. The number of rotatable bonds is 2. The number of anilines is 2. The molecule has 3 aliphatic rings. The molecule has 0 unspecified atom stereocenters. The van der Waals surface area contributed by atoms with Crippen LogP contribution in [-0.2, 0) is 6.42 Å². The van der Waals surface area contributed by atoms with E-state index in [4.69, 9.17) is 0 Å². The monoisotopic (exact) mass is 494 g/mol. The maximum atomic E-state index is 3.82. The Balaban J connectivity index is 1.31. The third-order valence-corrected chi connectivity index (χ3v) is 9.04. The van der Waals surface area contributed by atoms with Gasteiger partial charge in [-0.3, -0.25) is 0 Å². The first kappa shape index (κ1) is 21.2. The van der Waals surface area contributed by atoms with Gasteiger partial charge in [-0.05, 0) is 77.9 Å². The summed E-state index contributed by atoms with van der Waals surface area (Å²) >= 11 is 1.91. The van der Waals surface area contributed by atoms with Gasteiger partial charge in [-0.1, -0.05) is 84.6 Å². The zero-order valence-corrected chi connectivity index (χ0v) is 21.3. The summed E-state index contributed by atoms with van der Waals surface area (Å²) in [6, 6.07) is 31.1. The molecule has 3 heteroatoms. The second kappa shape index (κ2) is 8.29. The Morgan fingerprint density at radius 1 is 0.757 bits per heavy atom. The van der Waals surface area contributed by atoms with Gasteiger partial charge in [0.15, 0.2) is 0 Å². The summed E-state index contributed by atoms with van der Waals surface area (Å²) in [6.07, 6.45) is 11.6. The van der Waals surface area contributed by atoms with E-state index in [9.17, 15) is 0 Å². The first-order valence-corrected chi connectivity index (χ1v) is 14.0. The number of aromatic nitrogens is 1. The van der Waals surface area contributed by atoms with E-state index in [2.05, 4.69) is 113 Å². The number of thioether (sulfide) groups is 1. The molecule has 2 aliphatic carbocycles. The molecule has 0 atom stereocenters. The molecule has 1 N–H and O–H groups in total. The van der Waals surface area contributed by atoms with Crippen molar-refractivity contribution in [1.29, 1.82) is 0 Å². The van der Waals surface area contributed by atoms with E-state index in [-0.39, 0.29) is 0 Å². The summed E-state index contributed by atoms with van der Waals surface area (Å²) in [4.78, 5) is 8.97. The molecule has 1 aliphatic heterocycles. The average molecular weight is 495 g/mol. The van der Waals surface area contributed by atoms with Crippen LogP contribution >= 0.6 is 11.8 Å². The molecule has 1 aromatic heterocycles. The van der Waals surface area contributed by atoms with Crippen molar-refractivity contribution in [3.8, 4) is 0 Å². The molecule has 0 saturated carbocycles. The Hall–Kier alpha value is -3.95. The number of nitrogens with one attached hydrogen (secondary N) is 1. The van der Waals surface area contributed by atoms with E-state index in [0.717, 1.165) is 25.7 Å². The van der Waals surface area contributed by atoms with Crippen molar-refractivity contribution in [3.63, 3.8) is 0 Å². The quantitative estimate of drug-likeness (QED) is 0.263. The molecular weight excluding hydrogens is 468 g/mol. The van der Waals surface area contributed by atoms with Crippen LogP contribution in [0.4, 0.5) is 11.4 Å². The lowest BCUT2D eigenvalue weighted by Crippen LogP contribution is -2.22. The van der Waals surface area contributed by atoms with E-state index >= 15 is 0 Å². The summed E-state index contributed by atoms with van der Waals surface area (Å²) in [5.41, 5.74) is 10.4. The highest BCUT2D eigenvalue weighted by molar-refractivity contribution is 8.03. The van der Waals surface area contributed by atoms with E-state index < -0.39 is 0 Å². The molecule has 37 heavy (non-hydrogen) atoms. The van der Waals surface area contributed by atoms with E-state index in [1.165, 1.54) is 70.9 Å². The van der Waals surface area contributed by atoms with Crippen molar-refractivity contribution in [1.82, 2.24) is 4.98 Å². The minimum atomic E-state index is 1.06. The number of nitrogens with zero attached hydrogens (tertiary/aromatic N) is 1. The van der Waals surface area contributed by atoms with Crippen molar-refractivity contribution >= 4 is 50.4 Å². The Bertz CT molecular complexity index is 1800. The van der Waals surface area contributed by atoms with Gasteiger partial charge in [0.2, 0.25) is 0 Å². The second-order valence-electron chi connectivity index (χ2n) is 10.0. The van der Waals surface area contributed by atoms with Crippen molar-refractivity contribution in [2.75, 3.05) is 4.90 Å². The smallest absolute Gasteiger partial charge is 0.0607 e. The topological polar surface area (TPSA) is 19.0 Å². The largest absolute Gasteiger partial charge is 0.354 e. The van der Waals surface area contributed by atoms with Gasteiger partial charge < -0.3 is 9.88 Å². The number of hydrogen-bond acceptors (Lipinski definition) is 2. The molecule has 178 valence electrons. The highest BCUT2D eigenvalue weighted by Gasteiger charge is 2.29. The van der Waals surface area contributed by atoms with Crippen LogP contribution in [0, 0.1) is 0 Å². The van der Waals surface area contributed by atoms with Gasteiger partial charge in [0.05, 0.1) is 17.1 Å². The number of para-hydroxylation sites is 1. The summed E-state index contributed by atoms with van der Waals surface area (Å²) in [6.45, 7) is 0. The fourth-order valence-electron chi connectivity index (χ4n) is 6.23. The fourth-order valence-corrected chi connectivity index (χ4v) is 7.33. The number of hydrogen-bond donors (Lipinski definition) is 1. The first-order chi connectivity index (χ1) is 18.3. The van der Waals surface area contributed by atoms with Crippen molar-refractivity contribution in [3.05, 3.63) is 131 Å². The lowest BCUT2D eigenvalue weighted by molar-refractivity contribution is 0.978. The molecule has 2 heterocycles. The van der Waals surface area contributed by atoms with Crippen LogP contribution in [0.25, 0.3) is 27.2 Å². The minimum Gasteiger partial charge on any atom is -0.354 e. The van der Waals surface area contributed by atoms with Crippen LogP contribution in [-0.4, -0.2) is 4.98 Å². The van der Waals surface area contributed by atoms with Gasteiger partial charge in [-0.15, -0.1) is 0 Å². The highest BCUT2D eigenvalue weighted by atomic mass is 32.2. The van der Waals surface area contributed by atoms with E-state index in [0.29, 0.717) is 0 Å². The molecule has 0 amide bonds. The van der Waals surface area contributed by atoms with Crippen molar-refractivity contribution < 1.29 is 0 Å². The van der Waals surface area contributed by atoms with Crippen molar-refractivity contribution in [2.45, 2.75) is 30.6 Å². The van der Waals surface area contributed by atoms with Gasteiger partial charge in [0, 0.05) is 32.0 Å². The Morgan fingerprint density at radius 2 is 1.62 bits per heavy atom. The van der Waals surface area contributed by atoms with Gasteiger partial charge >= 0.3 is 0 Å². The summed E-state index contributed by atoms with van der Waals surface area (Å²) in [7, 11) is 0. The van der Waals surface area contributed by atoms with E-state index in [1.807, 2.05) is 11.8 Å². The molecule has 0 radical (unpaired) electrons. The molecule has 2 nitrogen and oxygen atoms in total. The van der Waals surface area contributed by atoms with Crippen LogP contribution in [0.2, 0.25) is 0 Å². The van der Waals surface area contributed by atoms with Crippen LogP contribution in [0.5, 0.6) is 0 Å². The number of fused-ring (bicyclic) bond motifs is 7. The summed E-state index contributed by atoms with van der Waals surface area (Å²) < 4.78 is 0. The first-order valence-electron chi connectivity index (χ1n) is 13.2. The summed E-state index contributed by atoms with van der Waals surface area (Å²) in [5.74, 6) is 0. The number of benzene rings is 4. The molecule has 0 spiro atoms. The lowest BCUT2D eigenvalue weighted by atomic mass is 9.89. The predicted molar refractivity (Wildman–Crippen MR) is 157 cm³/mol. The number of H-pyrrole nitrogens is 1. The van der Waals surface area contributed by atoms with Crippen LogP contribution in [0.15, 0.2) is 119 Å². The molecule has 0 saturated heterocycles. The fraction of sp³-hybridized carbons (Fsp3) is 0.118. The Labute approximate surface area is 221 Å². The third kappa shape index (κ3) is 3.27. The zero-order chi connectivity index (χ0) is 24.3.